The lowest BCUT2D eigenvalue weighted by Crippen LogP contribution is -2.29. The summed E-state index contributed by atoms with van der Waals surface area (Å²) in [6.45, 7) is 0. The summed E-state index contributed by atoms with van der Waals surface area (Å²) < 4.78 is 14.2. The van der Waals surface area contributed by atoms with Crippen molar-refractivity contribution in [2.45, 2.75) is 6.04 Å². The monoisotopic (exact) mass is 315 g/mol. The van der Waals surface area contributed by atoms with Gasteiger partial charge in [0.25, 0.3) is 0 Å². The molecule has 1 unspecified atom stereocenters. The Kier molecular flexibility index (Phi) is 3.78. The Morgan fingerprint density at radius 3 is 2.65 bits per heavy atom. The van der Waals surface area contributed by atoms with Gasteiger partial charge in [0.2, 0.25) is 0 Å². The molecule has 5 N–H and O–H groups in total. The third kappa shape index (κ3) is 2.50. The third-order valence-electron chi connectivity index (χ3n) is 2.48. The highest BCUT2D eigenvalue weighted by atomic mass is 79.9. The van der Waals surface area contributed by atoms with Gasteiger partial charge in [-0.05, 0) is 45.1 Å². The van der Waals surface area contributed by atoms with Crippen molar-refractivity contribution in [2.75, 3.05) is 5.73 Å². The zero-order valence-corrected chi connectivity index (χ0v) is 11.2. The molecule has 6 heteroatoms. The largest absolute Gasteiger partial charge is 0.398 e. The lowest BCUT2D eigenvalue weighted by atomic mass is 10.00. The predicted octanol–water partition coefficient (Wildman–Crippen LogP) is 2.78. The summed E-state index contributed by atoms with van der Waals surface area (Å²) in [5.74, 6) is 5.21. The van der Waals surface area contributed by atoms with Gasteiger partial charge in [-0.3, -0.25) is 5.84 Å². The van der Waals surface area contributed by atoms with Crippen LogP contribution in [0.25, 0.3) is 0 Å². The van der Waals surface area contributed by atoms with Crippen LogP contribution >= 0.6 is 27.3 Å². The zero-order chi connectivity index (χ0) is 12.4. The Labute approximate surface area is 111 Å². The molecule has 2 aromatic rings. The van der Waals surface area contributed by atoms with Gasteiger partial charge < -0.3 is 5.73 Å². The molecular weight excluding hydrogens is 305 g/mol. The highest BCUT2D eigenvalue weighted by molar-refractivity contribution is 9.10. The van der Waals surface area contributed by atoms with Gasteiger partial charge in [0.15, 0.2) is 0 Å². The molecule has 0 aliphatic carbocycles. The Morgan fingerprint density at radius 2 is 2.06 bits per heavy atom. The number of benzene rings is 1. The van der Waals surface area contributed by atoms with Crippen molar-refractivity contribution in [3.8, 4) is 0 Å². The summed E-state index contributed by atoms with van der Waals surface area (Å²) in [5, 5.41) is 3.88. The van der Waals surface area contributed by atoms with E-state index in [4.69, 9.17) is 11.6 Å². The van der Waals surface area contributed by atoms with E-state index in [0.29, 0.717) is 11.3 Å². The second-order valence-corrected chi connectivity index (χ2v) is 5.15. The highest BCUT2D eigenvalue weighted by Gasteiger charge is 2.19. The molecule has 1 aromatic heterocycles. The molecule has 17 heavy (non-hydrogen) atoms. The van der Waals surface area contributed by atoms with Gasteiger partial charge in [0, 0.05) is 21.1 Å². The number of anilines is 1. The maximum Gasteiger partial charge on any atom is 0.123 e. The summed E-state index contributed by atoms with van der Waals surface area (Å²) in [6.07, 6.45) is 0. The molecule has 0 bridgehead atoms. The molecule has 0 radical (unpaired) electrons. The minimum atomic E-state index is -0.333. The maximum atomic E-state index is 13.3. The van der Waals surface area contributed by atoms with Gasteiger partial charge >= 0.3 is 0 Å². The summed E-state index contributed by atoms with van der Waals surface area (Å²) in [5.41, 5.74) is 10.6. The predicted molar refractivity (Wildman–Crippen MR) is 72.0 cm³/mol. The minimum absolute atomic E-state index is 0.327. The number of hydrazine groups is 1. The Bertz CT molecular complexity index is 529. The van der Waals surface area contributed by atoms with Crippen molar-refractivity contribution in [3.05, 3.63) is 50.4 Å². The van der Waals surface area contributed by atoms with E-state index in [1.807, 2.05) is 10.8 Å². The summed E-state index contributed by atoms with van der Waals surface area (Å²) >= 11 is 4.97. The van der Waals surface area contributed by atoms with Gasteiger partial charge in [0.1, 0.15) is 5.82 Å². The van der Waals surface area contributed by atoms with Crippen LogP contribution in [0.4, 0.5) is 10.1 Å². The Hall–Kier alpha value is -0.950. The molecule has 1 aromatic carbocycles. The van der Waals surface area contributed by atoms with E-state index in [0.717, 1.165) is 10.0 Å². The Morgan fingerprint density at radius 1 is 1.29 bits per heavy atom. The second-order valence-electron chi connectivity index (χ2n) is 3.55. The van der Waals surface area contributed by atoms with Crippen LogP contribution in [0.3, 0.4) is 0 Å². The molecular formula is C11H11BrFN3S. The lowest BCUT2D eigenvalue weighted by Gasteiger charge is -2.18. The van der Waals surface area contributed by atoms with Crippen LogP contribution in [-0.4, -0.2) is 0 Å². The number of nitrogens with one attached hydrogen (secondary N) is 1. The number of thiophene rings is 1. The smallest absolute Gasteiger partial charge is 0.123 e. The van der Waals surface area contributed by atoms with E-state index in [1.165, 1.54) is 29.5 Å². The summed E-state index contributed by atoms with van der Waals surface area (Å²) in [6, 6.07) is 3.93. The van der Waals surface area contributed by atoms with E-state index in [1.54, 1.807) is 0 Å². The van der Waals surface area contributed by atoms with Crippen LogP contribution in [0.5, 0.6) is 0 Å². The van der Waals surface area contributed by atoms with Crippen LogP contribution in [0.2, 0.25) is 0 Å². The van der Waals surface area contributed by atoms with E-state index in [9.17, 15) is 4.39 Å². The maximum absolute atomic E-state index is 13.3. The molecule has 1 atom stereocenters. The number of rotatable bonds is 3. The third-order valence-corrected chi connectivity index (χ3v) is 4.23. The van der Waals surface area contributed by atoms with Crippen molar-refractivity contribution in [2.24, 2.45) is 5.84 Å². The van der Waals surface area contributed by atoms with Crippen LogP contribution in [0.15, 0.2) is 33.4 Å². The molecule has 0 aliphatic heterocycles. The molecule has 0 aliphatic rings. The van der Waals surface area contributed by atoms with Gasteiger partial charge in [-0.1, -0.05) is 0 Å². The van der Waals surface area contributed by atoms with Crippen LogP contribution in [0, 0.1) is 5.82 Å². The fourth-order valence-corrected chi connectivity index (χ4v) is 3.19. The van der Waals surface area contributed by atoms with Crippen molar-refractivity contribution < 1.29 is 4.39 Å². The zero-order valence-electron chi connectivity index (χ0n) is 8.78. The van der Waals surface area contributed by atoms with Crippen LogP contribution in [-0.2, 0) is 0 Å². The number of hydrogen-bond acceptors (Lipinski definition) is 4. The van der Waals surface area contributed by atoms with E-state index in [-0.39, 0.29) is 11.9 Å². The van der Waals surface area contributed by atoms with E-state index >= 15 is 0 Å². The quantitative estimate of drug-likeness (QED) is 0.463. The molecule has 0 amide bonds. The number of hydrogen-bond donors (Lipinski definition) is 3. The van der Waals surface area contributed by atoms with Crippen molar-refractivity contribution >= 4 is 33.0 Å². The van der Waals surface area contributed by atoms with Gasteiger partial charge in [-0.15, -0.1) is 0 Å². The van der Waals surface area contributed by atoms with Gasteiger partial charge in [-0.25, -0.2) is 9.82 Å². The average Bonchev–Trinajstić information content (AvgIpc) is 2.71. The standard InChI is InChI=1S/C11H11BrFN3S/c12-9-5-17-4-8(9)11(16-15)7-3-6(13)1-2-10(7)14/h1-5,11,16H,14-15H2. The lowest BCUT2D eigenvalue weighted by molar-refractivity contribution is 0.606. The summed E-state index contributed by atoms with van der Waals surface area (Å²) in [7, 11) is 0. The highest BCUT2D eigenvalue weighted by Crippen LogP contribution is 2.33. The molecule has 0 saturated carbocycles. The second kappa shape index (κ2) is 5.14. The van der Waals surface area contributed by atoms with E-state index < -0.39 is 0 Å². The van der Waals surface area contributed by atoms with Crippen LogP contribution in [0.1, 0.15) is 17.2 Å². The molecule has 0 spiro atoms. The summed E-state index contributed by atoms with van der Waals surface area (Å²) in [4.78, 5) is 0. The fourth-order valence-electron chi connectivity index (χ4n) is 1.64. The van der Waals surface area contributed by atoms with Gasteiger partial charge in [-0.2, -0.15) is 11.3 Å². The van der Waals surface area contributed by atoms with Crippen molar-refractivity contribution in [1.82, 2.24) is 5.43 Å². The van der Waals surface area contributed by atoms with E-state index in [2.05, 4.69) is 21.4 Å². The molecule has 0 saturated heterocycles. The number of nitrogen functional groups attached to an aromatic ring is 1. The first-order chi connectivity index (χ1) is 8.13. The SMILES string of the molecule is NNC(c1cc(F)ccc1N)c1cscc1Br. The first-order valence-electron chi connectivity index (χ1n) is 4.86. The average molecular weight is 316 g/mol. The van der Waals surface area contributed by atoms with Crippen molar-refractivity contribution in [3.63, 3.8) is 0 Å². The Balaban J connectivity index is 2.49. The topological polar surface area (TPSA) is 64.1 Å². The fraction of sp³-hybridized carbons (Fsp3) is 0.0909. The normalized spacial score (nSPS) is 12.6. The van der Waals surface area contributed by atoms with Crippen LogP contribution < -0.4 is 17.0 Å². The molecule has 90 valence electrons. The minimum Gasteiger partial charge on any atom is -0.398 e. The van der Waals surface area contributed by atoms with Gasteiger partial charge in [0.05, 0.1) is 6.04 Å². The molecule has 3 nitrogen and oxygen atoms in total. The first kappa shape index (κ1) is 12.5. The molecule has 0 fully saturated rings. The first-order valence-corrected chi connectivity index (χ1v) is 6.59. The molecule has 1 heterocycles. The number of halogens is 2. The molecule has 2 rings (SSSR count). The number of nitrogens with two attached hydrogens (primary N) is 2. The van der Waals surface area contributed by atoms with Crippen molar-refractivity contribution in [1.29, 1.82) is 0 Å².